The monoisotopic (exact) mass is 230 g/mol. The summed E-state index contributed by atoms with van der Waals surface area (Å²) in [4.78, 5) is 13.1. The average Bonchev–Trinajstić information content (AvgIpc) is 2.21. The molecule has 0 radical (unpaired) electrons. The van der Waals surface area contributed by atoms with Gasteiger partial charge in [-0.25, -0.2) is 0 Å². The van der Waals surface area contributed by atoms with Gasteiger partial charge in [-0.3, -0.25) is 4.79 Å². The van der Waals surface area contributed by atoms with Gasteiger partial charge in [0.05, 0.1) is 0 Å². The van der Waals surface area contributed by atoms with Gasteiger partial charge in [0.1, 0.15) is 6.04 Å². The molecular weight excluding hydrogens is 204 g/mol. The van der Waals surface area contributed by atoms with E-state index in [1.54, 1.807) is 0 Å². The molecule has 0 amide bonds. The first-order valence-corrected chi connectivity index (χ1v) is 6.06. The van der Waals surface area contributed by atoms with Crippen LogP contribution in [0, 0.1) is 5.92 Å². The second kappa shape index (κ2) is 7.63. The molecule has 0 saturated carbocycles. The first kappa shape index (κ1) is 15.4. The highest BCUT2D eigenvalue weighted by molar-refractivity contribution is 5.73. The first-order valence-electron chi connectivity index (χ1n) is 6.06. The molecule has 0 aromatic rings. The van der Waals surface area contributed by atoms with Crippen LogP contribution in [0.5, 0.6) is 0 Å². The Hall–Kier alpha value is -0.610. The minimum atomic E-state index is -0.757. The molecule has 2 unspecified atom stereocenters. The van der Waals surface area contributed by atoms with Crippen LogP contribution >= 0.6 is 0 Å². The van der Waals surface area contributed by atoms with Crippen LogP contribution in [0.1, 0.15) is 34.1 Å². The molecule has 0 aromatic heterocycles. The van der Waals surface area contributed by atoms with Crippen LogP contribution in [-0.2, 0) is 4.79 Å². The molecule has 16 heavy (non-hydrogen) atoms. The van der Waals surface area contributed by atoms with Crippen LogP contribution in [0.25, 0.3) is 0 Å². The molecule has 0 bridgehead atoms. The lowest BCUT2D eigenvalue weighted by atomic mass is 10.0. The van der Waals surface area contributed by atoms with Crippen molar-refractivity contribution in [3.05, 3.63) is 0 Å². The Balaban J connectivity index is 4.05. The molecule has 2 N–H and O–H groups in total. The molecule has 0 aromatic carbocycles. The zero-order chi connectivity index (χ0) is 12.7. The Labute approximate surface area is 99.0 Å². The summed E-state index contributed by atoms with van der Waals surface area (Å²) in [5, 5.41) is 12.0. The SMILES string of the molecule is CCNC(CCN(C)C(C)C(C)C)C(=O)O. The van der Waals surface area contributed by atoms with Gasteiger partial charge in [0, 0.05) is 12.6 Å². The molecule has 0 aliphatic rings. The fourth-order valence-electron chi connectivity index (χ4n) is 1.60. The lowest BCUT2D eigenvalue weighted by Crippen LogP contribution is -2.41. The predicted octanol–water partition coefficient (Wildman–Crippen LogP) is 1.42. The number of rotatable bonds is 8. The molecule has 4 nitrogen and oxygen atoms in total. The third-order valence-electron chi connectivity index (χ3n) is 3.18. The van der Waals surface area contributed by atoms with E-state index in [4.69, 9.17) is 5.11 Å². The maximum atomic E-state index is 10.9. The van der Waals surface area contributed by atoms with E-state index in [0.29, 0.717) is 24.9 Å². The van der Waals surface area contributed by atoms with E-state index < -0.39 is 12.0 Å². The van der Waals surface area contributed by atoms with Crippen molar-refractivity contribution in [2.45, 2.75) is 46.2 Å². The van der Waals surface area contributed by atoms with Gasteiger partial charge in [-0.05, 0) is 32.9 Å². The number of likely N-dealkylation sites (N-methyl/N-ethyl adjacent to an activating group) is 1. The third kappa shape index (κ3) is 5.47. The molecule has 2 atom stereocenters. The lowest BCUT2D eigenvalue weighted by molar-refractivity contribution is -0.139. The molecule has 0 fully saturated rings. The molecular formula is C12H26N2O2. The lowest BCUT2D eigenvalue weighted by Gasteiger charge is -2.28. The maximum absolute atomic E-state index is 10.9. The number of nitrogens with zero attached hydrogens (tertiary/aromatic N) is 1. The maximum Gasteiger partial charge on any atom is 0.320 e. The Morgan fingerprint density at radius 2 is 1.94 bits per heavy atom. The summed E-state index contributed by atoms with van der Waals surface area (Å²) in [6, 6.07) is 0.0582. The molecule has 0 heterocycles. The van der Waals surface area contributed by atoms with Crippen molar-refractivity contribution >= 4 is 5.97 Å². The molecule has 4 heteroatoms. The van der Waals surface area contributed by atoms with E-state index in [1.807, 2.05) is 6.92 Å². The summed E-state index contributed by atoms with van der Waals surface area (Å²) in [6.45, 7) is 9.97. The fourth-order valence-corrected chi connectivity index (χ4v) is 1.60. The highest BCUT2D eigenvalue weighted by Crippen LogP contribution is 2.09. The Morgan fingerprint density at radius 1 is 1.38 bits per heavy atom. The van der Waals surface area contributed by atoms with Crippen molar-refractivity contribution in [3.63, 3.8) is 0 Å². The standard InChI is InChI=1S/C12H26N2O2/c1-6-13-11(12(15)16)7-8-14(5)10(4)9(2)3/h9-11,13H,6-8H2,1-5H3,(H,15,16). The number of carboxylic acids is 1. The largest absolute Gasteiger partial charge is 0.480 e. The van der Waals surface area contributed by atoms with Crippen LogP contribution in [0.4, 0.5) is 0 Å². The quantitative estimate of drug-likeness (QED) is 0.662. The number of carboxylic acid groups (broad SMARTS) is 1. The summed E-state index contributed by atoms with van der Waals surface area (Å²) in [7, 11) is 2.05. The van der Waals surface area contributed by atoms with E-state index in [2.05, 4.69) is 38.0 Å². The average molecular weight is 230 g/mol. The van der Waals surface area contributed by atoms with Gasteiger partial charge in [0.2, 0.25) is 0 Å². The van der Waals surface area contributed by atoms with Gasteiger partial charge in [0.15, 0.2) is 0 Å². The highest BCUT2D eigenvalue weighted by Gasteiger charge is 2.18. The topological polar surface area (TPSA) is 52.6 Å². The summed E-state index contributed by atoms with van der Waals surface area (Å²) >= 11 is 0. The van der Waals surface area contributed by atoms with Crippen molar-refractivity contribution in [3.8, 4) is 0 Å². The summed E-state index contributed by atoms with van der Waals surface area (Å²) < 4.78 is 0. The number of carbonyl (C=O) groups is 1. The van der Waals surface area contributed by atoms with Crippen molar-refractivity contribution in [2.24, 2.45) is 5.92 Å². The summed E-state index contributed by atoms with van der Waals surface area (Å²) in [6.07, 6.45) is 0.650. The van der Waals surface area contributed by atoms with Crippen LogP contribution in [-0.4, -0.2) is 48.2 Å². The number of aliphatic carboxylic acids is 1. The molecule has 0 aliphatic carbocycles. The zero-order valence-corrected chi connectivity index (χ0v) is 11.2. The molecule has 96 valence electrons. The highest BCUT2D eigenvalue weighted by atomic mass is 16.4. The van der Waals surface area contributed by atoms with Gasteiger partial charge in [-0.2, -0.15) is 0 Å². The van der Waals surface area contributed by atoms with Gasteiger partial charge in [-0.1, -0.05) is 20.8 Å². The van der Waals surface area contributed by atoms with Gasteiger partial charge in [-0.15, -0.1) is 0 Å². The second-order valence-corrected chi connectivity index (χ2v) is 4.70. The first-order chi connectivity index (χ1) is 7.40. The summed E-state index contributed by atoms with van der Waals surface area (Å²) in [5.41, 5.74) is 0. The number of hydrogen-bond acceptors (Lipinski definition) is 3. The smallest absolute Gasteiger partial charge is 0.320 e. The van der Waals surface area contributed by atoms with E-state index in [0.717, 1.165) is 6.54 Å². The summed E-state index contributed by atoms with van der Waals surface area (Å²) in [5.74, 6) is -0.167. The molecule has 0 aliphatic heterocycles. The third-order valence-corrected chi connectivity index (χ3v) is 3.18. The van der Waals surface area contributed by atoms with Crippen molar-refractivity contribution in [1.82, 2.24) is 10.2 Å². The predicted molar refractivity (Wildman–Crippen MR) is 66.6 cm³/mol. The van der Waals surface area contributed by atoms with Crippen molar-refractivity contribution < 1.29 is 9.90 Å². The van der Waals surface area contributed by atoms with Crippen LogP contribution in [0.15, 0.2) is 0 Å². The minimum Gasteiger partial charge on any atom is -0.480 e. The van der Waals surface area contributed by atoms with E-state index in [9.17, 15) is 4.79 Å². The minimum absolute atomic E-state index is 0.424. The molecule has 0 spiro atoms. The van der Waals surface area contributed by atoms with Crippen molar-refractivity contribution in [1.29, 1.82) is 0 Å². The van der Waals surface area contributed by atoms with E-state index >= 15 is 0 Å². The van der Waals surface area contributed by atoms with Crippen LogP contribution < -0.4 is 5.32 Å². The van der Waals surface area contributed by atoms with Gasteiger partial charge in [0.25, 0.3) is 0 Å². The number of hydrogen-bond donors (Lipinski definition) is 2. The van der Waals surface area contributed by atoms with Gasteiger partial charge < -0.3 is 15.3 Å². The molecule has 0 saturated heterocycles. The van der Waals surface area contributed by atoms with Crippen LogP contribution in [0.3, 0.4) is 0 Å². The Kier molecular flexibility index (Phi) is 7.34. The van der Waals surface area contributed by atoms with E-state index in [1.165, 1.54) is 0 Å². The van der Waals surface area contributed by atoms with E-state index in [-0.39, 0.29) is 0 Å². The van der Waals surface area contributed by atoms with Crippen LogP contribution in [0.2, 0.25) is 0 Å². The molecule has 0 rings (SSSR count). The number of nitrogens with one attached hydrogen (secondary N) is 1. The normalized spacial score (nSPS) is 15.4. The fraction of sp³-hybridized carbons (Fsp3) is 0.917. The van der Waals surface area contributed by atoms with Crippen molar-refractivity contribution in [2.75, 3.05) is 20.1 Å². The zero-order valence-electron chi connectivity index (χ0n) is 11.2. The Bertz CT molecular complexity index is 207. The second-order valence-electron chi connectivity index (χ2n) is 4.70. The Morgan fingerprint density at radius 3 is 2.31 bits per heavy atom. The van der Waals surface area contributed by atoms with Gasteiger partial charge >= 0.3 is 5.97 Å².